The Labute approximate surface area is 200 Å². The molecule has 3 nitrogen and oxygen atoms in total. The molecule has 1 aromatic heterocycles. The average Bonchev–Trinajstić information content (AvgIpc) is 3.14. The molecule has 0 saturated carbocycles. The van der Waals surface area contributed by atoms with E-state index in [1.165, 1.54) is 33.6 Å². The van der Waals surface area contributed by atoms with E-state index in [2.05, 4.69) is 55.5 Å². The van der Waals surface area contributed by atoms with E-state index in [1.807, 2.05) is 34.9 Å². The molecule has 6 rings (SSSR count). The molecule has 2 heterocycles. The predicted octanol–water partition coefficient (Wildman–Crippen LogP) is 5.28. The van der Waals surface area contributed by atoms with Gasteiger partial charge in [-0.15, -0.1) is 0 Å². The lowest BCUT2D eigenvalue weighted by atomic mass is 9.83. The Hall–Kier alpha value is -3.21. The molecule has 0 unspecified atom stereocenters. The molecule has 1 aliphatic carbocycles. The summed E-state index contributed by atoms with van der Waals surface area (Å²) in [5.74, 6) is 0. The van der Waals surface area contributed by atoms with Gasteiger partial charge in [-0.05, 0) is 60.2 Å². The molecule has 0 bridgehead atoms. The van der Waals surface area contributed by atoms with E-state index in [-0.39, 0.29) is 11.6 Å². The Morgan fingerprint density at radius 2 is 1.76 bits per heavy atom. The maximum Gasteiger partial charge on any atom is 0.271 e. The summed E-state index contributed by atoms with van der Waals surface area (Å²) in [4.78, 5) is 19.5. The SMILES string of the molecule is Cc1ccc([C@H]2C3=C(N=c4sc(=Cc5ccc(Cl)cc5)c(=O)n42)c2ccccc2CC3)cc1. The van der Waals surface area contributed by atoms with E-state index < -0.39 is 0 Å². The maximum atomic E-state index is 13.7. The van der Waals surface area contributed by atoms with Crippen LogP contribution in [-0.4, -0.2) is 4.57 Å². The van der Waals surface area contributed by atoms with Crippen molar-refractivity contribution in [3.05, 3.63) is 131 Å². The third-order valence-corrected chi connectivity index (χ3v) is 7.67. The minimum absolute atomic E-state index is 0.00434. The van der Waals surface area contributed by atoms with Gasteiger partial charge in [0.15, 0.2) is 4.80 Å². The van der Waals surface area contributed by atoms with Crippen molar-refractivity contribution >= 4 is 34.7 Å². The fourth-order valence-electron chi connectivity index (χ4n) is 4.78. The largest absolute Gasteiger partial charge is 0.272 e. The van der Waals surface area contributed by atoms with E-state index in [1.54, 1.807) is 0 Å². The van der Waals surface area contributed by atoms with E-state index >= 15 is 0 Å². The van der Waals surface area contributed by atoms with E-state index in [9.17, 15) is 4.79 Å². The second-order valence-corrected chi connectivity index (χ2v) is 10.0. The van der Waals surface area contributed by atoms with Gasteiger partial charge in [0, 0.05) is 10.6 Å². The highest BCUT2D eigenvalue weighted by atomic mass is 35.5. The van der Waals surface area contributed by atoms with Crippen LogP contribution in [0, 0.1) is 6.92 Å². The molecule has 1 atom stereocenters. The summed E-state index contributed by atoms with van der Waals surface area (Å²) < 4.78 is 2.57. The Balaban J connectivity index is 1.62. The molecule has 0 radical (unpaired) electrons. The molecule has 33 heavy (non-hydrogen) atoms. The second kappa shape index (κ2) is 7.98. The van der Waals surface area contributed by atoms with Gasteiger partial charge in [0.2, 0.25) is 0 Å². The number of rotatable bonds is 2. The van der Waals surface area contributed by atoms with Crippen LogP contribution in [0.5, 0.6) is 0 Å². The van der Waals surface area contributed by atoms with Crippen molar-refractivity contribution in [3.8, 4) is 0 Å². The van der Waals surface area contributed by atoms with Crippen LogP contribution in [0.25, 0.3) is 11.8 Å². The molecular weight excluding hydrogens is 448 g/mol. The molecule has 0 saturated heterocycles. The van der Waals surface area contributed by atoms with Crippen LogP contribution < -0.4 is 14.9 Å². The number of aryl methyl sites for hydroxylation is 2. The van der Waals surface area contributed by atoms with Crippen molar-refractivity contribution in [1.29, 1.82) is 0 Å². The van der Waals surface area contributed by atoms with Crippen molar-refractivity contribution in [2.24, 2.45) is 4.99 Å². The van der Waals surface area contributed by atoms with Crippen LogP contribution >= 0.6 is 22.9 Å². The third kappa shape index (κ3) is 3.50. The van der Waals surface area contributed by atoms with Crippen LogP contribution in [0.2, 0.25) is 5.02 Å². The molecule has 0 spiro atoms. The zero-order valence-electron chi connectivity index (χ0n) is 18.1. The van der Waals surface area contributed by atoms with Gasteiger partial charge < -0.3 is 0 Å². The number of thiazole rings is 1. The standard InChI is InChI=1S/C28H21ClN2OS/c1-17-6-10-20(11-7-17)26-23-15-12-19-4-2-3-5-22(19)25(23)30-28-31(26)27(32)24(33-28)16-18-8-13-21(29)14-9-18/h2-11,13-14,16,26H,12,15H2,1H3/t26-/m0/s1. The lowest BCUT2D eigenvalue weighted by Gasteiger charge is -2.30. The summed E-state index contributed by atoms with van der Waals surface area (Å²) >= 11 is 7.49. The zero-order chi connectivity index (χ0) is 22.5. The number of hydrogen-bond acceptors (Lipinski definition) is 3. The van der Waals surface area contributed by atoms with Gasteiger partial charge in [-0.3, -0.25) is 9.36 Å². The Bertz CT molecular complexity index is 1590. The Morgan fingerprint density at radius 1 is 1.00 bits per heavy atom. The van der Waals surface area contributed by atoms with Crippen molar-refractivity contribution in [2.75, 3.05) is 0 Å². The zero-order valence-corrected chi connectivity index (χ0v) is 19.7. The summed E-state index contributed by atoms with van der Waals surface area (Å²) in [5, 5.41) is 0.680. The quantitative estimate of drug-likeness (QED) is 0.394. The maximum absolute atomic E-state index is 13.7. The lowest BCUT2D eigenvalue weighted by molar-refractivity contribution is 0.585. The molecule has 3 aromatic carbocycles. The van der Waals surface area contributed by atoms with E-state index in [0.29, 0.717) is 9.55 Å². The first-order valence-electron chi connectivity index (χ1n) is 11.0. The van der Waals surface area contributed by atoms with Crippen molar-refractivity contribution in [3.63, 3.8) is 0 Å². The summed E-state index contributed by atoms with van der Waals surface area (Å²) in [7, 11) is 0. The number of halogens is 1. The second-order valence-electron chi connectivity index (χ2n) is 8.58. The highest BCUT2D eigenvalue weighted by molar-refractivity contribution is 7.07. The molecule has 0 N–H and O–H groups in total. The molecule has 4 aromatic rings. The fourth-order valence-corrected chi connectivity index (χ4v) is 5.91. The predicted molar refractivity (Wildman–Crippen MR) is 135 cm³/mol. The topological polar surface area (TPSA) is 34.4 Å². The first-order chi connectivity index (χ1) is 16.1. The molecule has 1 aliphatic heterocycles. The Morgan fingerprint density at radius 3 is 2.55 bits per heavy atom. The lowest BCUT2D eigenvalue weighted by Crippen LogP contribution is -2.38. The molecular formula is C28H21ClN2OS. The average molecular weight is 469 g/mol. The minimum Gasteiger partial charge on any atom is -0.272 e. The first-order valence-corrected chi connectivity index (χ1v) is 12.2. The summed E-state index contributed by atoms with van der Waals surface area (Å²) in [5.41, 5.74) is 8.05. The van der Waals surface area contributed by atoms with Crippen LogP contribution in [0.3, 0.4) is 0 Å². The number of fused-ring (bicyclic) bond motifs is 3. The van der Waals surface area contributed by atoms with E-state index in [0.717, 1.165) is 34.5 Å². The van der Waals surface area contributed by atoms with Gasteiger partial charge in [-0.2, -0.15) is 0 Å². The van der Waals surface area contributed by atoms with Gasteiger partial charge in [0.25, 0.3) is 5.56 Å². The summed E-state index contributed by atoms with van der Waals surface area (Å²) in [6.07, 6.45) is 3.79. The van der Waals surface area contributed by atoms with Gasteiger partial charge in [-0.1, -0.05) is 89.2 Å². The number of allylic oxidation sites excluding steroid dienone is 1. The van der Waals surface area contributed by atoms with Crippen LogP contribution in [0.1, 0.15) is 40.3 Å². The Kier molecular flexibility index (Phi) is 4.93. The monoisotopic (exact) mass is 468 g/mol. The van der Waals surface area contributed by atoms with Crippen molar-refractivity contribution in [2.45, 2.75) is 25.8 Å². The first kappa shape index (κ1) is 20.4. The number of nitrogens with zero attached hydrogens (tertiary/aromatic N) is 2. The van der Waals surface area contributed by atoms with Crippen LogP contribution in [0.4, 0.5) is 0 Å². The third-order valence-electron chi connectivity index (χ3n) is 6.43. The molecule has 162 valence electrons. The fraction of sp³-hybridized carbons (Fsp3) is 0.143. The normalized spacial score (nSPS) is 17.3. The molecule has 0 amide bonds. The minimum atomic E-state index is -0.141. The molecule has 0 fully saturated rings. The van der Waals surface area contributed by atoms with Crippen LogP contribution in [0.15, 0.2) is 88.2 Å². The number of aromatic nitrogens is 1. The summed E-state index contributed by atoms with van der Waals surface area (Å²) in [6, 6.07) is 24.4. The molecule has 5 heteroatoms. The number of hydrogen-bond donors (Lipinski definition) is 0. The van der Waals surface area contributed by atoms with Gasteiger partial charge in [-0.25, -0.2) is 4.99 Å². The van der Waals surface area contributed by atoms with E-state index in [4.69, 9.17) is 16.6 Å². The van der Waals surface area contributed by atoms with Crippen LogP contribution in [-0.2, 0) is 6.42 Å². The van der Waals surface area contributed by atoms with Crippen molar-refractivity contribution in [1.82, 2.24) is 4.57 Å². The smallest absolute Gasteiger partial charge is 0.271 e. The highest BCUT2D eigenvalue weighted by Crippen LogP contribution is 2.41. The van der Waals surface area contributed by atoms with Crippen molar-refractivity contribution < 1.29 is 0 Å². The molecule has 2 aliphatic rings. The number of benzene rings is 3. The summed E-state index contributed by atoms with van der Waals surface area (Å²) in [6.45, 7) is 2.09. The van der Waals surface area contributed by atoms with Gasteiger partial charge in [0.05, 0.1) is 16.3 Å². The van der Waals surface area contributed by atoms with Gasteiger partial charge in [0.1, 0.15) is 0 Å². The van der Waals surface area contributed by atoms with Gasteiger partial charge >= 0.3 is 0 Å². The highest BCUT2D eigenvalue weighted by Gasteiger charge is 2.32.